The zero-order chi connectivity index (χ0) is 31.6. The van der Waals surface area contributed by atoms with E-state index in [0.29, 0.717) is 12.5 Å². The van der Waals surface area contributed by atoms with Crippen molar-refractivity contribution in [3.63, 3.8) is 0 Å². The van der Waals surface area contributed by atoms with Crippen LogP contribution >= 0.6 is 0 Å². The van der Waals surface area contributed by atoms with Crippen LogP contribution in [-0.4, -0.2) is 94.2 Å². The van der Waals surface area contributed by atoms with E-state index < -0.39 is 38.3 Å². The second-order valence-electron chi connectivity index (χ2n) is 11.2. The molecule has 3 aliphatic heterocycles. The molecule has 2 aromatic rings. The van der Waals surface area contributed by atoms with Crippen LogP contribution in [0.15, 0.2) is 52.6 Å². The van der Waals surface area contributed by atoms with Crippen molar-refractivity contribution in [3.05, 3.63) is 64.9 Å². The van der Waals surface area contributed by atoms with Gasteiger partial charge in [0.25, 0.3) is 5.91 Å². The van der Waals surface area contributed by atoms with Gasteiger partial charge in [0.15, 0.2) is 0 Å². The second kappa shape index (κ2) is 13.0. The van der Waals surface area contributed by atoms with Crippen LogP contribution in [0.5, 0.6) is 0 Å². The van der Waals surface area contributed by atoms with Gasteiger partial charge in [0.2, 0.25) is 15.9 Å². The molecule has 0 radical (unpaired) electrons. The maximum absolute atomic E-state index is 13.8. The van der Waals surface area contributed by atoms with E-state index in [-0.39, 0.29) is 54.0 Å². The Morgan fingerprint density at radius 3 is 2.41 bits per heavy atom. The standard InChI is InChI=1S/C29H36F2N8O4S/c1-37-9-11-38(12-10-37)20-4-5-22(26(16-20)35-29(41)25-3-2-7-34-25)28(40)36-27(33)23-17-39(8-6-24(23)32)44(42,43)21-14-18(30)13-19(31)15-21/h4-5,13-16,25,34H,2-3,6-12,17,32H2,1H3,(H,35,41)(H2,33,36,40)/t25-/m1/s1. The summed E-state index contributed by atoms with van der Waals surface area (Å²) in [6.45, 7) is 3.55. The number of amides is 2. The first-order valence-electron chi connectivity index (χ1n) is 14.4. The Morgan fingerprint density at radius 1 is 1.05 bits per heavy atom. The number of piperazine rings is 1. The van der Waals surface area contributed by atoms with E-state index in [9.17, 15) is 26.8 Å². The normalized spacial score (nSPS) is 20.1. The average molecular weight is 631 g/mol. The van der Waals surface area contributed by atoms with Gasteiger partial charge in [0.05, 0.1) is 22.2 Å². The smallest absolute Gasteiger partial charge is 0.258 e. The van der Waals surface area contributed by atoms with E-state index in [2.05, 4.69) is 25.8 Å². The van der Waals surface area contributed by atoms with Crippen LogP contribution in [0.2, 0.25) is 0 Å². The second-order valence-corrected chi connectivity index (χ2v) is 13.1. The molecule has 0 saturated carbocycles. The summed E-state index contributed by atoms with van der Waals surface area (Å²) in [5.41, 5.74) is 7.65. The fourth-order valence-electron chi connectivity index (χ4n) is 5.50. The fourth-order valence-corrected chi connectivity index (χ4v) is 6.96. The van der Waals surface area contributed by atoms with Crippen LogP contribution in [0, 0.1) is 17.0 Å². The number of nitrogens with two attached hydrogens (primary N) is 1. The number of carbonyl (C=O) groups is 2. The summed E-state index contributed by atoms with van der Waals surface area (Å²) in [7, 11) is -2.29. The fraction of sp³-hybridized carbons (Fsp3) is 0.414. The number of sulfonamides is 1. The Bertz CT molecular complexity index is 1580. The first kappa shape index (κ1) is 31.5. The van der Waals surface area contributed by atoms with Crippen molar-refractivity contribution in [3.8, 4) is 0 Å². The molecule has 3 heterocycles. The number of nitrogens with zero attached hydrogens (tertiary/aromatic N) is 3. The minimum Gasteiger partial charge on any atom is -0.402 e. The number of anilines is 2. The van der Waals surface area contributed by atoms with E-state index in [0.717, 1.165) is 61.3 Å². The van der Waals surface area contributed by atoms with E-state index in [1.807, 2.05) is 7.05 Å². The van der Waals surface area contributed by atoms with E-state index in [4.69, 9.17) is 11.1 Å². The van der Waals surface area contributed by atoms with Gasteiger partial charge in [-0.3, -0.25) is 15.0 Å². The molecule has 0 aromatic heterocycles. The summed E-state index contributed by atoms with van der Waals surface area (Å²) >= 11 is 0. The topological polar surface area (TPSA) is 164 Å². The lowest BCUT2D eigenvalue weighted by Crippen LogP contribution is -2.44. The van der Waals surface area contributed by atoms with Crippen LogP contribution in [-0.2, 0) is 14.8 Å². The van der Waals surface area contributed by atoms with Gasteiger partial charge in [-0.2, -0.15) is 4.31 Å². The zero-order valence-corrected chi connectivity index (χ0v) is 25.1. The number of hydrogen-bond donors (Lipinski definition) is 5. The number of rotatable bonds is 7. The third-order valence-electron chi connectivity index (χ3n) is 8.12. The monoisotopic (exact) mass is 630 g/mol. The predicted octanol–water partition coefficient (Wildman–Crippen LogP) is 1.42. The maximum Gasteiger partial charge on any atom is 0.258 e. The predicted molar refractivity (Wildman–Crippen MR) is 162 cm³/mol. The number of halogens is 2. The molecule has 1 atom stereocenters. The van der Waals surface area contributed by atoms with Gasteiger partial charge in [-0.25, -0.2) is 17.2 Å². The zero-order valence-electron chi connectivity index (χ0n) is 24.3. The molecule has 236 valence electrons. The quantitative estimate of drug-likeness (QED) is 0.227. The van der Waals surface area contributed by atoms with Crippen molar-refractivity contribution in [2.45, 2.75) is 30.2 Å². The van der Waals surface area contributed by atoms with Crippen molar-refractivity contribution >= 4 is 39.0 Å². The Balaban J connectivity index is 1.35. The minimum atomic E-state index is -4.33. The molecule has 0 bridgehead atoms. The molecule has 2 aromatic carbocycles. The first-order valence-corrected chi connectivity index (χ1v) is 15.8. The summed E-state index contributed by atoms with van der Waals surface area (Å²) in [4.78, 5) is 30.4. The van der Waals surface area contributed by atoms with Crippen LogP contribution in [0.3, 0.4) is 0 Å². The molecule has 2 fully saturated rings. The molecule has 2 amide bonds. The van der Waals surface area contributed by atoms with Crippen molar-refractivity contribution in [2.24, 2.45) is 5.73 Å². The van der Waals surface area contributed by atoms with Crippen molar-refractivity contribution in [2.75, 3.05) is 63.1 Å². The highest BCUT2D eigenvalue weighted by atomic mass is 32.2. The molecular weight excluding hydrogens is 594 g/mol. The largest absolute Gasteiger partial charge is 0.402 e. The van der Waals surface area contributed by atoms with Crippen molar-refractivity contribution in [1.82, 2.24) is 19.8 Å². The van der Waals surface area contributed by atoms with Gasteiger partial charge < -0.3 is 31.5 Å². The molecule has 0 aliphatic carbocycles. The van der Waals surface area contributed by atoms with Gasteiger partial charge in [0.1, 0.15) is 17.5 Å². The number of hydrogen-bond acceptors (Lipinski definition) is 9. The number of benzene rings is 2. The molecule has 12 nitrogen and oxygen atoms in total. The lowest BCUT2D eigenvalue weighted by atomic mass is 10.1. The SMILES string of the molecule is CN1CCN(c2ccc(C(=O)NC(=N)C3=C(N)CCN(S(=O)(=O)c4cc(F)cc(F)c4)C3)c(NC(=O)[C@H]3CCCN3)c2)CC1. The highest BCUT2D eigenvalue weighted by Gasteiger charge is 2.32. The number of nitrogens with one attached hydrogen (secondary N) is 4. The van der Waals surface area contributed by atoms with Crippen molar-refractivity contribution < 1.29 is 26.8 Å². The van der Waals surface area contributed by atoms with Crippen molar-refractivity contribution in [1.29, 1.82) is 5.41 Å². The lowest BCUT2D eigenvalue weighted by Gasteiger charge is -2.34. The molecule has 6 N–H and O–H groups in total. The Kier molecular flexibility index (Phi) is 9.29. The molecular formula is C29H36F2N8O4S. The summed E-state index contributed by atoms with van der Waals surface area (Å²) < 4.78 is 54.8. The summed E-state index contributed by atoms with van der Waals surface area (Å²) in [5.74, 6) is -3.46. The Labute approximate surface area is 254 Å². The summed E-state index contributed by atoms with van der Waals surface area (Å²) in [6.07, 6.45) is 1.58. The maximum atomic E-state index is 13.8. The molecule has 0 unspecified atom stereocenters. The van der Waals surface area contributed by atoms with Crippen LogP contribution in [0.25, 0.3) is 0 Å². The average Bonchev–Trinajstić information content (AvgIpc) is 3.52. The summed E-state index contributed by atoms with van der Waals surface area (Å²) in [6, 6.07) is 6.74. The van der Waals surface area contributed by atoms with E-state index in [1.165, 1.54) is 0 Å². The van der Waals surface area contributed by atoms with E-state index in [1.54, 1.807) is 18.2 Å². The molecule has 5 rings (SSSR count). The number of amidine groups is 1. The third-order valence-corrected chi connectivity index (χ3v) is 9.94. The van der Waals surface area contributed by atoms with Gasteiger partial charge in [-0.05, 0) is 56.8 Å². The molecule has 0 spiro atoms. The van der Waals surface area contributed by atoms with E-state index >= 15 is 0 Å². The first-order chi connectivity index (χ1) is 20.9. The van der Waals surface area contributed by atoms with Crippen LogP contribution < -0.4 is 26.6 Å². The van der Waals surface area contributed by atoms with Crippen LogP contribution in [0.4, 0.5) is 20.2 Å². The van der Waals surface area contributed by atoms with Gasteiger partial charge in [-0.15, -0.1) is 0 Å². The highest BCUT2D eigenvalue weighted by molar-refractivity contribution is 7.89. The molecule has 44 heavy (non-hydrogen) atoms. The van der Waals surface area contributed by atoms with Gasteiger partial charge >= 0.3 is 0 Å². The number of likely N-dealkylation sites (N-methyl/N-ethyl adjacent to an activating group) is 1. The molecule has 15 heteroatoms. The molecule has 2 saturated heterocycles. The highest BCUT2D eigenvalue weighted by Crippen LogP contribution is 2.27. The van der Waals surface area contributed by atoms with Gasteiger partial charge in [0, 0.05) is 68.7 Å². The number of carbonyl (C=O) groups excluding carboxylic acids is 2. The third kappa shape index (κ3) is 6.90. The molecule has 3 aliphatic rings. The Hall–Kier alpha value is -3.92. The lowest BCUT2D eigenvalue weighted by molar-refractivity contribution is -0.117. The van der Waals surface area contributed by atoms with Gasteiger partial charge in [-0.1, -0.05) is 0 Å². The van der Waals surface area contributed by atoms with Crippen LogP contribution in [0.1, 0.15) is 29.6 Å². The Morgan fingerprint density at radius 2 is 1.75 bits per heavy atom. The summed E-state index contributed by atoms with van der Waals surface area (Å²) in [5, 5.41) is 17.1. The minimum absolute atomic E-state index is 0.0417.